The lowest BCUT2D eigenvalue weighted by atomic mass is 10.1. The van der Waals surface area contributed by atoms with Crippen molar-refractivity contribution in [2.24, 2.45) is 0 Å². The van der Waals surface area contributed by atoms with Crippen LogP contribution in [-0.4, -0.2) is 5.78 Å². The third kappa shape index (κ3) is 3.72. The van der Waals surface area contributed by atoms with Gasteiger partial charge < -0.3 is 0 Å². The van der Waals surface area contributed by atoms with E-state index in [9.17, 15) is 4.79 Å². The highest BCUT2D eigenvalue weighted by Gasteiger charge is 2.10. The van der Waals surface area contributed by atoms with Gasteiger partial charge in [-0.05, 0) is 29.8 Å². The van der Waals surface area contributed by atoms with E-state index in [1.807, 2.05) is 6.07 Å². The molecule has 1 heterocycles. The molecule has 0 amide bonds. The Morgan fingerprint density at radius 3 is 2.44 bits per heavy atom. The van der Waals surface area contributed by atoms with Crippen molar-refractivity contribution in [1.29, 1.82) is 0 Å². The zero-order valence-electron chi connectivity index (χ0n) is 9.25. The molecule has 2 rings (SSSR count). The van der Waals surface area contributed by atoms with Crippen molar-refractivity contribution in [2.45, 2.75) is 12.8 Å². The third-order valence-corrected chi connectivity index (χ3v) is 4.22. The Kier molecular flexibility index (Phi) is 4.68. The molecule has 1 nitrogen and oxygen atoms in total. The maximum Gasteiger partial charge on any atom is 0.142 e. The van der Waals surface area contributed by atoms with Crippen LogP contribution >= 0.6 is 46.1 Å². The second kappa shape index (κ2) is 6.07. The van der Waals surface area contributed by atoms with E-state index in [2.05, 4.69) is 0 Å². The van der Waals surface area contributed by atoms with Crippen LogP contribution in [0.25, 0.3) is 0 Å². The summed E-state index contributed by atoms with van der Waals surface area (Å²) in [5.41, 5.74) is 0.800. The predicted octanol–water partition coefficient (Wildman–Crippen LogP) is 5.06. The first-order chi connectivity index (χ1) is 8.54. The molecule has 0 bridgehead atoms. The Morgan fingerprint density at radius 1 is 1.06 bits per heavy atom. The lowest BCUT2D eigenvalue weighted by Gasteiger charge is -2.03. The van der Waals surface area contributed by atoms with Gasteiger partial charge in [0.1, 0.15) is 5.78 Å². The van der Waals surface area contributed by atoms with E-state index in [1.54, 1.807) is 24.3 Å². The maximum absolute atomic E-state index is 11.9. The Morgan fingerprint density at radius 2 is 1.83 bits per heavy atom. The summed E-state index contributed by atoms with van der Waals surface area (Å²) in [6.45, 7) is 0. The lowest BCUT2D eigenvalue weighted by molar-refractivity contribution is -0.117. The van der Waals surface area contributed by atoms with Gasteiger partial charge in [-0.1, -0.05) is 40.9 Å². The van der Waals surface area contributed by atoms with Crippen molar-refractivity contribution >= 4 is 51.9 Å². The second-order valence-corrected chi connectivity index (χ2v) is 6.48. The average molecular weight is 320 g/mol. The number of ketones is 1. The molecular weight excluding hydrogens is 311 g/mol. The normalized spacial score (nSPS) is 10.6. The van der Waals surface area contributed by atoms with Gasteiger partial charge in [-0.25, -0.2) is 0 Å². The molecule has 0 fully saturated rings. The van der Waals surface area contributed by atoms with Crippen LogP contribution in [0.15, 0.2) is 30.3 Å². The number of carbonyl (C=O) groups is 1. The van der Waals surface area contributed by atoms with E-state index in [1.165, 1.54) is 11.3 Å². The fourth-order valence-corrected chi connectivity index (χ4v) is 3.17. The van der Waals surface area contributed by atoms with Crippen LogP contribution in [0.2, 0.25) is 14.4 Å². The molecule has 1 aromatic carbocycles. The first-order valence-corrected chi connectivity index (χ1v) is 7.19. The van der Waals surface area contributed by atoms with Gasteiger partial charge >= 0.3 is 0 Å². The molecule has 1 aromatic heterocycles. The number of rotatable bonds is 4. The number of carbonyl (C=O) groups excluding carboxylic acids is 1. The topological polar surface area (TPSA) is 17.1 Å². The summed E-state index contributed by atoms with van der Waals surface area (Å²) in [7, 11) is 0. The van der Waals surface area contributed by atoms with Crippen molar-refractivity contribution in [1.82, 2.24) is 0 Å². The molecule has 18 heavy (non-hydrogen) atoms. The van der Waals surface area contributed by atoms with Crippen LogP contribution < -0.4 is 0 Å². The van der Waals surface area contributed by atoms with Gasteiger partial charge in [-0.15, -0.1) is 11.3 Å². The van der Waals surface area contributed by atoms with E-state index in [0.29, 0.717) is 27.2 Å². The first-order valence-electron chi connectivity index (χ1n) is 5.24. The minimum atomic E-state index is 0.109. The molecule has 0 aliphatic carbocycles. The van der Waals surface area contributed by atoms with Gasteiger partial charge in [0.2, 0.25) is 0 Å². The summed E-state index contributed by atoms with van der Waals surface area (Å²) in [5.74, 6) is 0.109. The second-order valence-electron chi connectivity index (χ2n) is 3.83. The van der Waals surface area contributed by atoms with Crippen molar-refractivity contribution in [2.75, 3.05) is 0 Å². The summed E-state index contributed by atoms with van der Waals surface area (Å²) in [6.07, 6.45) is 0.696. The Balaban J connectivity index is 2.03. The standard InChI is InChI=1S/C13H9Cl3OS/c14-9-2-1-8(12(15)6-9)5-10(17)7-11-3-4-13(16)18-11/h1-4,6H,5,7H2. The highest BCUT2D eigenvalue weighted by Crippen LogP contribution is 2.24. The lowest BCUT2D eigenvalue weighted by Crippen LogP contribution is -2.05. The monoisotopic (exact) mass is 318 g/mol. The number of hydrogen-bond donors (Lipinski definition) is 0. The Hall–Kier alpha value is -0.540. The molecule has 0 aliphatic rings. The molecule has 94 valence electrons. The zero-order chi connectivity index (χ0) is 13.1. The van der Waals surface area contributed by atoms with Crippen LogP contribution in [0.1, 0.15) is 10.4 Å². The summed E-state index contributed by atoms with van der Waals surface area (Å²) in [4.78, 5) is 12.9. The van der Waals surface area contributed by atoms with Crippen molar-refractivity contribution in [3.8, 4) is 0 Å². The zero-order valence-corrected chi connectivity index (χ0v) is 12.3. The summed E-state index contributed by atoms with van der Waals surface area (Å²) in [5, 5.41) is 1.10. The summed E-state index contributed by atoms with van der Waals surface area (Å²) < 4.78 is 0.697. The summed E-state index contributed by atoms with van der Waals surface area (Å²) >= 11 is 19.1. The van der Waals surface area contributed by atoms with E-state index >= 15 is 0 Å². The number of benzene rings is 1. The average Bonchev–Trinajstić information content (AvgIpc) is 2.68. The van der Waals surface area contributed by atoms with Crippen LogP contribution in [-0.2, 0) is 17.6 Å². The smallest absolute Gasteiger partial charge is 0.142 e. The molecule has 2 aromatic rings. The predicted molar refractivity (Wildman–Crippen MR) is 78.2 cm³/mol. The van der Waals surface area contributed by atoms with Crippen molar-refractivity contribution in [3.05, 3.63) is 55.2 Å². The molecule has 0 saturated carbocycles. The molecule has 5 heteroatoms. The van der Waals surface area contributed by atoms with Gasteiger partial charge in [0.25, 0.3) is 0 Å². The Labute approximate surface area is 124 Å². The van der Waals surface area contributed by atoms with Gasteiger partial charge in [0, 0.05) is 27.8 Å². The number of halogens is 3. The summed E-state index contributed by atoms with van der Waals surface area (Å²) in [6, 6.07) is 8.83. The van der Waals surface area contributed by atoms with Gasteiger partial charge in [-0.2, -0.15) is 0 Å². The molecule has 0 N–H and O–H groups in total. The van der Waals surface area contributed by atoms with E-state index in [4.69, 9.17) is 34.8 Å². The Bertz CT molecular complexity index is 577. The van der Waals surface area contributed by atoms with Crippen LogP contribution in [0.3, 0.4) is 0 Å². The SMILES string of the molecule is O=C(Cc1ccc(Cl)s1)Cc1ccc(Cl)cc1Cl. The van der Waals surface area contributed by atoms with Crippen LogP contribution in [0.5, 0.6) is 0 Å². The first kappa shape index (κ1) is 13.9. The van der Waals surface area contributed by atoms with Crippen LogP contribution in [0.4, 0.5) is 0 Å². The molecular formula is C13H9Cl3OS. The van der Waals surface area contributed by atoms with E-state index in [-0.39, 0.29) is 5.78 Å². The maximum atomic E-state index is 11.9. The van der Waals surface area contributed by atoms with Gasteiger partial charge in [0.05, 0.1) is 4.34 Å². The van der Waals surface area contributed by atoms with E-state index in [0.717, 1.165) is 10.4 Å². The number of hydrogen-bond acceptors (Lipinski definition) is 2. The fourth-order valence-electron chi connectivity index (χ4n) is 1.58. The van der Waals surface area contributed by atoms with Gasteiger partial charge in [0.15, 0.2) is 0 Å². The molecule has 0 aliphatic heterocycles. The third-order valence-electron chi connectivity index (χ3n) is 2.40. The molecule has 0 spiro atoms. The molecule has 0 radical (unpaired) electrons. The number of Topliss-reactive ketones (excluding diaryl/α,β-unsaturated/α-hetero) is 1. The van der Waals surface area contributed by atoms with Crippen molar-refractivity contribution in [3.63, 3.8) is 0 Å². The highest BCUT2D eigenvalue weighted by atomic mass is 35.5. The minimum absolute atomic E-state index is 0.109. The highest BCUT2D eigenvalue weighted by molar-refractivity contribution is 7.16. The molecule has 0 atom stereocenters. The number of thiophene rings is 1. The quantitative estimate of drug-likeness (QED) is 0.769. The largest absolute Gasteiger partial charge is 0.299 e. The van der Waals surface area contributed by atoms with E-state index < -0.39 is 0 Å². The van der Waals surface area contributed by atoms with Crippen molar-refractivity contribution < 1.29 is 4.79 Å². The fraction of sp³-hybridized carbons (Fsp3) is 0.154. The molecule has 0 unspecified atom stereocenters. The van der Waals surface area contributed by atoms with Crippen LogP contribution in [0, 0.1) is 0 Å². The minimum Gasteiger partial charge on any atom is -0.299 e. The van der Waals surface area contributed by atoms with Gasteiger partial charge in [-0.3, -0.25) is 4.79 Å². The molecule has 0 saturated heterocycles.